The highest BCUT2D eigenvalue weighted by Crippen LogP contribution is 2.30. The summed E-state index contributed by atoms with van der Waals surface area (Å²) in [5, 5.41) is 4.55. The smallest absolute Gasteiger partial charge is 0.0738 e. The first-order valence-corrected chi connectivity index (χ1v) is 7.38. The Kier molecular flexibility index (Phi) is 4.26. The van der Waals surface area contributed by atoms with Crippen molar-refractivity contribution >= 4 is 15.9 Å². The molecule has 1 saturated carbocycles. The van der Waals surface area contributed by atoms with Gasteiger partial charge in [0.15, 0.2) is 0 Å². The van der Waals surface area contributed by atoms with Crippen molar-refractivity contribution in [2.75, 3.05) is 0 Å². The molecule has 1 aliphatic rings. The standard InChI is InChI=1S/C13H22BrN3/c1-3-17-12(13(14)9(2)16-17)8-10-4-6-11(15)7-5-10/h10-11H,3-8,15H2,1-2H3. The molecule has 1 aliphatic carbocycles. The Morgan fingerprint density at radius 2 is 2.00 bits per heavy atom. The molecule has 1 aromatic heterocycles. The van der Waals surface area contributed by atoms with Crippen LogP contribution in [0.2, 0.25) is 0 Å². The van der Waals surface area contributed by atoms with Crippen LogP contribution in [0.1, 0.15) is 44.0 Å². The first-order valence-electron chi connectivity index (χ1n) is 6.59. The summed E-state index contributed by atoms with van der Waals surface area (Å²) in [5.74, 6) is 0.785. The number of halogens is 1. The summed E-state index contributed by atoms with van der Waals surface area (Å²) < 4.78 is 3.34. The van der Waals surface area contributed by atoms with E-state index in [0.717, 1.165) is 24.6 Å². The lowest BCUT2D eigenvalue weighted by Crippen LogP contribution is -2.27. The lowest BCUT2D eigenvalue weighted by atomic mass is 9.84. The second-order valence-electron chi connectivity index (χ2n) is 5.15. The molecule has 0 spiro atoms. The van der Waals surface area contributed by atoms with E-state index < -0.39 is 0 Å². The van der Waals surface area contributed by atoms with E-state index in [2.05, 4.69) is 39.6 Å². The fraction of sp³-hybridized carbons (Fsp3) is 0.769. The maximum Gasteiger partial charge on any atom is 0.0738 e. The zero-order valence-corrected chi connectivity index (χ0v) is 12.3. The summed E-state index contributed by atoms with van der Waals surface area (Å²) in [7, 11) is 0. The summed E-state index contributed by atoms with van der Waals surface area (Å²) in [6, 6.07) is 0.438. The third-order valence-corrected chi connectivity index (χ3v) is 4.86. The molecule has 2 N–H and O–H groups in total. The molecule has 0 unspecified atom stereocenters. The first kappa shape index (κ1) is 13.1. The summed E-state index contributed by atoms with van der Waals surface area (Å²) in [5.41, 5.74) is 8.43. The molecule has 0 aromatic carbocycles. The van der Waals surface area contributed by atoms with Gasteiger partial charge in [-0.2, -0.15) is 5.10 Å². The number of hydrogen-bond donors (Lipinski definition) is 1. The van der Waals surface area contributed by atoms with Crippen LogP contribution in [0.25, 0.3) is 0 Å². The topological polar surface area (TPSA) is 43.8 Å². The molecule has 1 heterocycles. The summed E-state index contributed by atoms with van der Waals surface area (Å²) in [6.07, 6.45) is 6.04. The van der Waals surface area contributed by atoms with Crippen LogP contribution in [0.3, 0.4) is 0 Å². The van der Waals surface area contributed by atoms with E-state index in [1.54, 1.807) is 0 Å². The Morgan fingerprint density at radius 1 is 1.35 bits per heavy atom. The van der Waals surface area contributed by atoms with Crippen molar-refractivity contribution in [1.82, 2.24) is 9.78 Å². The normalized spacial score (nSPS) is 25.2. The van der Waals surface area contributed by atoms with E-state index in [4.69, 9.17) is 5.73 Å². The molecule has 96 valence electrons. The zero-order chi connectivity index (χ0) is 12.4. The number of rotatable bonds is 3. The number of aryl methyl sites for hydroxylation is 2. The second-order valence-corrected chi connectivity index (χ2v) is 5.94. The third-order valence-electron chi connectivity index (χ3n) is 3.83. The Balaban J connectivity index is 2.07. The number of nitrogens with two attached hydrogens (primary N) is 1. The fourth-order valence-electron chi connectivity index (χ4n) is 2.73. The van der Waals surface area contributed by atoms with Gasteiger partial charge in [0, 0.05) is 12.6 Å². The molecule has 0 amide bonds. The largest absolute Gasteiger partial charge is 0.328 e. The molecular formula is C13H22BrN3. The Bertz CT molecular complexity index is 378. The Labute approximate surface area is 112 Å². The van der Waals surface area contributed by atoms with E-state index in [-0.39, 0.29) is 0 Å². The van der Waals surface area contributed by atoms with Gasteiger partial charge in [-0.3, -0.25) is 4.68 Å². The van der Waals surface area contributed by atoms with Crippen LogP contribution in [-0.4, -0.2) is 15.8 Å². The third kappa shape index (κ3) is 2.91. The van der Waals surface area contributed by atoms with Crippen molar-refractivity contribution in [3.63, 3.8) is 0 Å². The molecule has 4 heteroatoms. The zero-order valence-electron chi connectivity index (χ0n) is 10.7. The van der Waals surface area contributed by atoms with Crippen LogP contribution in [-0.2, 0) is 13.0 Å². The predicted molar refractivity (Wildman–Crippen MR) is 74.0 cm³/mol. The predicted octanol–water partition coefficient (Wildman–Crippen LogP) is 3.03. The highest BCUT2D eigenvalue weighted by Gasteiger charge is 2.22. The summed E-state index contributed by atoms with van der Waals surface area (Å²) in [4.78, 5) is 0. The number of nitrogens with zero attached hydrogens (tertiary/aromatic N) is 2. The van der Waals surface area contributed by atoms with E-state index in [9.17, 15) is 0 Å². The Hall–Kier alpha value is -0.350. The van der Waals surface area contributed by atoms with Gasteiger partial charge in [0.05, 0.1) is 15.9 Å². The average Bonchev–Trinajstić information content (AvgIpc) is 2.59. The molecule has 3 nitrogen and oxygen atoms in total. The van der Waals surface area contributed by atoms with E-state index in [1.165, 1.54) is 35.8 Å². The molecule has 1 aromatic rings. The van der Waals surface area contributed by atoms with E-state index >= 15 is 0 Å². The molecule has 17 heavy (non-hydrogen) atoms. The lowest BCUT2D eigenvalue weighted by Gasteiger charge is -2.26. The van der Waals surface area contributed by atoms with Crippen molar-refractivity contribution in [2.45, 2.75) is 58.5 Å². The minimum atomic E-state index is 0.438. The minimum absolute atomic E-state index is 0.438. The van der Waals surface area contributed by atoms with Gasteiger partial charge < -0.3 is 5.73 Å². The molecule has 0 radical (unpaired) electrons. The fourth-order valence-corrected chi connectivity index (χ4v) is 3.18. The van der Waals surface area contributed by atoms with E-state index in [0.29, 0.717) is 6.04 Å². The maximum atomic E-state index is 5.95. The van der Waals surface area contributed by atoms with Crippen molar-refractivity contribution < 1.29 is 0 Å². The molecule has 0 atom stereocenters. The van der Waals surface area contributed by atoms with Gasteiger partial charge in [0.25, 0.3) is 0 Å². The highest BCUT2D eigenvalue weighted by molar-refractivity contribution is 9.10. The van der Waals surface area contributed by atoms with Gasteiger partial charge >= 0.3 is 0 Å². The monoisotopic (exact) mass is 299 g/mol. The average molecular weight is 300 g/mol. The van der Waals surface area contributed by atoms with Crippen molar-refractivity contribution in [2.24, 2.45) is 11.7 Å². The highest BCUT2D eigenvalue weighted by atomic mass is 79.9. The molecule has 1 fully saturated rings. The lowest BCUT2D eigenvalue weighted by molar-refractivity contribution is 0.319. The molecule has 0 bridgehead atoms. The van der Waals surface area contributed by atoms with Crippen molar-refractivity contribution in [3.05, 3.63) is 15.9 Å². The van der Waals surface area contributed by atoms with Crippen LogP contribution < -0.4 is 5.73 Å². The van der Waals surface area contributed by atoms with E-state index in [1.807, 2.05) is 0 Å². The van der Waals surface area contributed by atoms with Gasteiger partial charge in [-0.1, -0.05) is 0 Å². The molecule has 0 aliphatic heterocycles. The van der Waals surface area contributed by atoms with Gasteiger partial charge in [-0.15, -0.1) is 0 Å². The van der Waals surface area contributed by atoms with Crippen LogP contribution >= 0.6 is 15.9 Å². The molecular weight excluding hydrogens is 278 g/mol. The van der Waals surface area contributed by atoms with Gasteiger partial charge in [0.1, 0.15) is 0 Å². The first-order chi connectivity index (χ1) is 8.11. The summed E-state index contributed by atoms with van der Waals surface area (Å²) in [6.45, 7) is 5.17. The van der Waals surface area contributed by atoms with Crippen LogP contribution in [0.5, 0.6) is 0 Å². The SMILES string of the molecule is CCn1nc(C)c(Br)c1CC1CCC(N)CC1. The van der Waals surface area contributed by atoms with Crippen LogP contribution in [0, 0.1) is 12.8 Å². The van der Waals surface area contributed by atoms with Crippen LogP contribution in [0.4, 0.5) is 0 Å². The quantitative estimate of drug-likeness (QED) is 0.932. The van der Waals surface area contributed by atoms with Gasteiger partial charge in [-0.05, 0) is 67.8 Å². The molecule has 2 rings (SSSR count). The Morgan fingerprint density at radius 3 is 2.59 bits per heavy atom. The van der Waals surface area contributed by atoms with Crippen molar-refractivity contribution in [1.29, 1.82) is 0 Å². The molecule has 0 saturated heterocycles. The summed E-state index contributed by atoms with van der Waals surface area (Å²) >= 11 is 3.67. The van der Waals surface area contributed by atoms with Gasteiger partial charge in [-0.25, -0.2) is 0 Å². The number of hydrogen-bond acceptors (Lipinski definition) is 2. The van der Waals surface area contributed by atoms with Crippen molar-refractivity contribution in [3.8, 4) is 0 Å². The minimum Gasteiger partial charge on any atom is -0.328 e. The van der Waals surface area contributed by atoms with Crippen LogP contribution in [0.15, 0.2) is 4.47 Å². The second kappa shape index (κ2) is 5.53. The number of aromatic nitrogens is 2. The van der Waals surface area contributed by atoms with Gasteiger partial charge in [0.2, 0.25) is 0 Å². The maximum absolute atomic E-state index is 5.95.